The number of halogens is 3. The fourth-order valence-corrected chi connectivity index (χ4v) is 5.78. The van der Waals surface area contributed by atoms with E-state index < -0.39 is 17.5 Å². The third kappa shape index (κ3) is 4.49. The first-order chi connectivity index (χ1) is 18.6. The van der Waals surface area contributed by atoms with Gasteiger partial charge >= 0.3 is 0 Å². The molecule has 0 aliphatic carbocycles. The molecule has 3 N–H and O–H groups in total. The smallest absolute Gasteiger partial charge is 0.246 e. The third-order valence-electron chi connectivity index (χ3n) is 6.41. The summed E-state index contributed by atoms with van der Waals surface area (Å²) < 4.78 is 31.0. The fourth-order valence-electron chi connectivity index (χ4n) is 4.72. The van der Waals surface area contributed by atoms with Crippen LogP contribution in [0.2, 0.25) is 5.02 Å². The molecule has 1 aliphatic heterocycles. The van der Waals surface area contributed by atoms with Gasteiger partial charge in [0.25, 0.3) is 0 Å². The second-order valence-electron chi connectivity index (χ2n) is 8.76. The number of nitrogens with one attached hydrogen (secondary N) is 1. The van der Waals surface area contributed by atoms with Crippen molar-refractivity contribution in [3.63, 3.8) is 0 Å². The number of nitrogen functional groups attached to an aromatic ring is 1. The molecule has 1 saturated heterocycles. The summed E-state index contributed by atoms with van der Waals surface area (Å²) in [6.45, 7) is 6.08. The minimum Gasteiger partial charge on any atom is -0.375 e. The zero-order chi connectivity index (χ0) is 28.0. The van der Waals surface area contributed by atoms with Crippen molar-refractivity contribution in [2.24, 2.45) is 0 Å². The Balaban J connectivity index is 1.76. The van der Waals surface area contributed by atoms with Gasteiger partial charge in [0.1, 0.15) is 23.0 Å². The largest absolute Gasteiger partial charge is 0.375 e. The van der Waals surface area contributed by atoms with E-state index in [1.807, 2.05) is 4.90 Å². The molecule has 39 heavy (non-hydrogen) atoms. The van der Waals surface area contributed by atoms with Gasteiger partial charge in [0.05, 0.1) is 20.9 Å². The molecule has 13 heteroatoms. The highest BCUT2D eigenvalue weighted by Crippen LogP contribution is 2.44. The maximum atomic E-state index is 16.4. The lowest BCUT2D eigenvalue weighted by Gasteiger charge is -2.36. The van der Waals surface area contributed by atoms with Gasteiger partial charge < -0.3 is 20.9 Å². The summed E-state index contributed by atoms with van der Waals surface area (Å²) in [7, 11) is 0. The number of carbonyl (C=O) groups is 2. The highest BCUT2D eigenvalue weighted by Gasteiger charge is 2.29. The van der Waals surface area contributed by atoms with E-state index in [2.05, 4.69) is 27.9 Å². The summed E-state index contributed by atoms with van der Waals surface area (Å²) in [5.41, 5.74) is 6.30. The highest BCUT2D eigenvalue weighted by atomic mass is 35.5. The van der Waals surface area contributed by atoms with Crippen molar-refractivity contribution in [2.75, 3.05) is 42.1 Å². The Morgan fingerprint density at radius 3 is 2.59 bits per heavy atom. The predicted octanol–water partition coefficient (Wildman–Crippen LogP) is 4.69. The number of nitriles is 1. The summed E-state index contributed by atoms with van der Waals surface area (Å²) in [6, 6.07) is 6.11. The maximum absolute atomic E-state index is 16.4. The Kier molecular flexibility index (Phi) is 6.80. The Morgan fingerprint density at radius 1 is 1.23 bits per heavy atom. The summed E-state index contributed by atoms with van der Waals surface area (Å²) in [6.07, 6.45) is 1.23. The van der Waals surface area contributed by atoms with Gasteiger partial charge in [-0.2, -0.15) is 5.26 Å². The molecule has 4 aromatic rings. The molecule has 2 aromatic heterocycles. The van der Waals surface area contributed by atoms with Crippen LogP contribution >= 0.6 is 22.9 Å². The van der Waals surface area contributed by atoms with Crippen LogP contribution < -0.4 is 16.0 Å². The molecule has 0 saturated carbocycles. The number of hydrogen-bond acceptors (Lipinski definition) is 8. The van der Waals surface area contributed by atoms with Crippen molar-refractivity contribution >= 4 is 72.5 Å². The summed E-state index contributed by atoms with van der Waals surface area (Å²) >= 11 is 7.58. The molecule has 0 spiro atoms. The molecule has 0 atom stereocenters. The number of thiazole rings is 1. The Labute approximate surface area is 230 Å². The van der Waals surface area contributed by atoms with Crippen molar-refractivity contribution in [2.45, 2.75) is 6.92 Å². The van der Waals surface area contributed by atoms with Crippen LogP contribution in [0.15, 0.2) is 30.9 Å². The molecule has 9 nitrogen and oxygen atoms in total. The maximum Gasteiger partial charge on any atom is 0.246 e. The number of benzene rings is 2. The number of carbonyl (C=O) groups excluding carboxylic acids is 2. The molecule has 2 amide bonds. The third-order valence-corrected chi connectivity index (χ3v) is 7.61. The normalized spacial score (nSPS) is 13.5. The first kappa shape index (κ1) is 26.3. The van der Waals surface area contributed by atoms with E-state index in [-0.39, 0.29) is 59.7 Å². The van der Waals surface area contributed by atoms with Gasteiger partial charge in [-0.25, -0.2) is 18.7 Å². The molecule has 3 heterocycles. The molecule has 5 rings (SSSR count). The van der Waals surface area contributed by atoms with Gasteiger partial charge in [-0.05, 0) is 24.3 Å². The van der Waals surface area contributed by atoms with Gasteiger partial charge in [0.15, 0.2) is 16.8 Å². The molecule has 1 aliphatic rings. The lowest BCUT2D eigenvalue weighted by Crippen LogP contribution is -2.48. The van der Waals surface area contributed by atoms with E-state index in [1.54, 1.807) is 4.90 Å². The van der Waals surface area contributed by atoms with Crippen molar-refractivity contribution < 1.29 is 18.4 Å². The van der Waals surface area contributed by atoms with Crippen LogP contribution in [0.3, 0.4) is 0 Å². The van der Waals surface area contributed by atoms with Gasteiger partial charge in [-0.3, -0.25) is 9.59 Å². The van der Waals surface area contributed by atoms with E-state index in [9.17, 15) is 19.2 Å². The van der Waals surface area contributed by atoms with Crippen molar-refractivity contribution in [1.82, 2.24) is 14.9 Å². The van der Waals surface area contributed by atoms with E-state index in [1.165, 1.54) is 31.2 Å². The molecular weight excluding hydrogens is 548 g/mol. The quantitative estimate of drug-likeness (QED) is 0.342. The first-order valence-electron chi connectivity index (χ1n) is 11.7. The van der Waals surface area contributed by atoms with Crippen molar-refractivity contribution in [3.05, 3.63) is 53.1 Å². The molecule has 0 unspecified atom stereocenters. The van der Waals surface area contributed by atoms with Crippen LogP contribution in [0.4, 0.5) is 25.4 Å². The Hall–Kier alpha value is -4.34. The van der Waals surface area contributed by atoms with Crippen molar-refractivity contribution in [3.8, 4) is 17.2 Å². The predicted molar refractivity (Wildman–Crippen MR) is 148 cm³/mol. The standard InChI is InChI=1S/C26H20ClF2N7O2S/c1-3-18(38)35-6-8-36(9-7-35)23-14-10-16(27)19(13-4-5-17(28)24-22(13)34-26(31)39-24)20(29)21(14)33-25(15(23)11-30)32-12(2)37/h3-5,10H,1,6-9H2,2H3,(H2,31,34)(H,32,33,37). The number of rotatable bonds is 4. The van der Waals surface area contributed by atoms with Crippen LogP contribution in [0.1, 0.15) is 12.5 Å². The molecule has 0 bridgehead atoms. The molecular formula is C26H20ClF2N7O2S. The SMILES string of the molecule is C=CC(=O)N1CCN(c2c(C#N)c(NC(C)=O)nc3c(F)c(-c4ccc(F)c5sc(N)nc45)c(Cl)cc23)CC1. The zero-order valence-corrected chi connectivity index (χ0v) is 22.1. The van der Waals surface area contributed by atoms with Crippen LogP contribution in [0.25, 0.3) is 32.2 Å². The second-order valence-corrected chi connectivity index (χ2v) is 10.2. The average molecular weight is 568 g/mol. The number of anilines is 3. The van der Waals surface area contributed by atoms with E-state index in [0.717, 1.165) is 11.3 Å². The highest BCUT2D eigenvalue weighted by molar-refractivity contribution is 7.22. The van der Waals surface area contributed by atoms with Crippen LogP contribution in [0.5, 0.6) is 0 Å². The monoisotopic (exact) mass is 567 g/mol. The topological polar surface area (TPSA) is 128 Å². The van der Waals surface area contributed by atoms with E-state index in [0.29, 0.717) is 31.9 Å². The van der Waals surface area contributed by atoms with E-state index in [4.69, 9.17) is 17.3 Å². The number of fused-ring (bicyclic) bond motifs is 2. The summed E-state index contributed by atoms with van der Waals surface area (Å²) in [4.78, 5) is 36.0. The van der Waals surface area contributed by atoms with Crippen LogP contribution in [-0.4, -0.2) is 52.9 Å². The number of nitrogens with zero attached hydrogens (tertiary/aromatic N) is 5. The fraction of sp³-hybridized carbons (Fsp3) is 0.192. The second kappa shape index (κ2) is 10.1. The Bertz CT molecular complexity index is 1740. The number of amides is 2. The van der Waals surface area contributed by atoms with Crippen molar-refractivity contribution in [1.29, 1.82) is 5.26 Å². The zero-order valence-electron chi connectivity index (χ0n) is 20.5. The number of piperazine rings is 1. The number of pyridine rings is 1. The number of aromatic nitrogens is 2. The van der Waals surface area contributed by atoms with E-state index >= 15 is 4.39 Å². The number of nitrogens with two attached hydrogens (primary N) is 1. The minimum atomic E-state index is -0.838. The van der Waals surface area contributed by atoms with Gasteiger partial charge in [-0.15, -0.1) is 0 Å². The molecule has 2 aromatic carbocycles. The molecule has 0 radical (unpaired) electrons. The number of hydrogen-bond donors (Lipinski definition) is 2. The Morgan fingerprint density at radius 2 is 1.95 bits per heavy atom. The average Bonchev–Trinajstić information content (AvgIpc) is 3.31. The first-order valence-corrected chi connectivity index (χ1v) is 12.9. The van der Waals surface area contributed by atoms with Gasteiger partial charge in [-0.1, -0.05) is 29.5 Å². The molecule has 1 fully saturated rings. The van der Waals surface area contributed by atoms with Crippen LogP contribution in [0, 0.1) is 23.0 Å². The summed E-state index contributed by atoms with van der Waals surface area (Å²) in [5.74, 6) is -2.23. The minimum absolute atomic E-state index is 0.0147. The lowest BCUT2D eigenvalue weighted by molar-refractivity contribution is -0.126. The van der Waals surface area contributed by atoms with Gasteiger partial charge in [0.2, 0.25) is 11.8 Å². The van der Waals surface area contributed by atoms with Crippen LogP contribution in [-0.2, 0) is 9.59 Å². The molecule has 198 valence electrons. The van der Waals surface area contributed by atoms with Gasteiger partial charge in [0, 0.05) is 49.6 Å². The summed E-state index contributed by atoms with van der Waals surface area (Å²) in [5, 5.41) is 12.9. The lowest BCUT2D eigenvalue weighted by atomic mass is 9.98.